The molecule has 5 heteroatoms. The van der Waals surface area contributed by atoms with Crippen LogP contribution in [0.25, 0.3) is 21.3 Å². The van der Waals surface area contributed by atoms with E-state index in [0.29, 0.717) is 0 Å². The summed E-state index contributed by atoms with van der Waals surface area (Å²) < 4.78 is 0. The standard InChI is InChI=1S/C22H20ClN3S/c1-4-15-7-5-6-13(2)20(15)26-21-19-18(16-8-10-17(23)11-9-16)14(3)27-22(19)25-12-24-21/h5-12H,4H2,1-3H3,(H,24,25,26). The van der Waals surface area contributed by atoms with Crippen molar-refractivity contribution in [3.05, 3.63) is 69.8 Å². The van der Waals surface area contributed by atoms with Crippen molar-refractivity contribution in [2.45, 2.75) is 27.2 Å². The molecule has 4 rings (SSSR count). The fraction of sp³-hybridized carbons (Fsp3) is 0.182. The van der Waals surface area contributed by atoms with Gasteiger partial charge in [0.2, 0.25) is 0 Å². The van der Waals surface area contributed by atoms with Crippen LogP contribution in [0.3, 0.4) is 0 Å². The zero-order valence-corrected chi connectivity index (χ0v) is 17.1. The van der Waals surface area contributed by atoms with Gasteiger partial charge in [-0.3, -0.25) is 0 Å². The van der Waals surface area contributed by atoms with E-state index in [1.807, 2.05) is 12.1 Å². The first-order valence-electron chi connectivity index (χ1n) is 8.94. The first kappa shape index (κ1) is 18.0. The van der Waals surface area contributed by atoms with Crippen LogP contribution in [0.2, 0.25) is 5.02 Å². The van der Waals surface area contributed by atoms with Crippen molar-refractivity contribution < 1.29 is 0 Å². The van der Waals surface area contributed by atoms with Crippen LogP contribution >= 0.6 is 22.9 Å². The fourth-order valence-corrected chi connectivity index (χ4v) is 4.56. The number of aryl methyl sites for hydroxylation is 3. The number of hydrogen-bond donors (Lipinski definition) is 1. The highest BCUT2D eigenvalue weighted by atomic mass is 35.5. The molecule has 0 aliphatic heterocycles. The van der Waals surface area contributed by atoms with Gasteiger partial charge in [0, 0.05) is 21.2 Å². The smallest absolute Gasteiger partial charge is 0.143 e. The second-order valence-corrected chi connectivity index (χ2v) is 8.17. The Balaban J connectivity index is 1.91. The molecule has 0 radical (unpaired) electrons. The van der Waals surface area contributed by atoms with E-state index in [1.165, 1.54) is 21.6 Å². The number of benzene rings is 2. The van der Waals surface area contributed by atoms with Crippen molar-refractivity contribution in [3.8, 4) is 11.1 Å². The van der Waals surface area contributed by atoms with Gasteiger partial charge in [0.05, 0.1) is 5.39 Å². The summed E-state index contributed by atoms with van der Waals surface area (Å²) in [7, 11) is 0. The highest BCUT2D eigenvalue weighted by Gasteiger charge is 2.18. The van der Waals surface area contributed by atoms with E-state index in [9.17, 15) is 0 Å². The SMILES string of the molecule is CCc1cccc(C)c1Nc1ncnc2sc(C)c(-c3ccc(Cl)cc3)c12. The third kappa shape index (κ3) is 3.31. The van der Waals surface area contributed by atoms with Gasteiger partial charge in [0.15, 0.2) is 0 Å². The summed E-state index contributed by atoms with van der Waals surface area (Å²) >= 11 is 7.78. The predicted molar refractivity (Wildman–Crippen MR) is 116 cm³/mol. The van der Waals surface area contributed by atoms with Gasteiger partial charge >= 0.3 is 0 Å². The van der Waals surface area contributed by atoms with Gasteiger partial charge in [-0.1, -0.05) is 48.9 Å². The van der Waals surface area contributed by atoms with E-state index in [0.717, 1.165) is 38.7 Å². The Hall–Kier alpha value is -2.43. The molecular weight excluding hydrogens is 374 g/mol. The molecule has 2 heterocycles. The number of fused-ring (bicyclic) bond motifs is 1. The first-order valence-corrected chi connectivity index (χ1v) is 10.1. The lowest BCUT2D eigenvalue weighted by atomic mass is 10.0. The molecule has 4 aromatic rings. The molecule has 0 unspecified atom stereocenters. The Morgan fingerprint density at radius 1 is 1.04 bits per heavy atom. The molecule has 1 N–H and O–H groups in total. The summed E-state index contributed by atoms with van der Waals surface area (Å²) in [5, 5.41) is 5.40. The van der Waals surface area contributed by atoms with Gasteiger partial charge < -0.3 is 5.32 Å². The highest BCUT2D eigenvalue weighted by molar-refractivity contribution is 7.19. The number of nitrogens with zero attached hydrogens (tertiary/aromatic N) is 2. The predicted octanol–water partition coefficient (Wildman–Crippen LogP) is 6.93. The lowest BCUT2D eigenvalue weighted by Crippen LogP contribution is -2.01. The molecule has 0 aliphatic rings. The van der Waals surface area contributed by atoms with E-state index >= 15 is 0 Å². The average molecular weight is 394 g/mol. The van der Waals surface area contributed by atoms with E-state index < -0.39 is 0 Å². The van der Waals surface area contributed by atoms with E-state index in [-0.39, 0.29) is 0 Å². The van der Waals surface area contributed by atoms with Crippen molar-refractivity contribution in [2.75, 3.05) is 5.32 Å². The Morgan fingerprint density at radius 3 is 2.56 bits per heavy atom. The normalized spacial score (nSPS) is 11.1. The van der Waals surface area contributed by atoms with Gasteiger partial charge in [-0.25, -0.2) is 9.97 Å². The molecule has 0 fully saturated rings. The fourth-order valence-electron chi connectivity index (χ4n) is 3.42. The van der Waals surface area contributed by atoms with Crippen LogP contribution in [0.1, 0.15) is 22.9 Å². The Labute approximate surface area is 168 Å². The molecule has 27 heavy (non-hydrogen) atoms. The maximum Gasteiger partial charge on any atom is 0.143 e. The summed E-state index contributed by atoms with van der Waals surface area (Å²) in [6.07, 6.45) is 2.60. The quantitative estimate of drug-likeness (QED) is 0.408. The Kier molecular flexibility index (Phi) is 4.85. The first-order chi connectivity index (χ1) is 13.1. The summed E-state index contributed by atoms with van der Waals surface area (Å²) in [6.45, 7) is 6.42. The topological polar surface area (TPSA) is 37.8 Å². The molecule has 2 aromatic carbocycles. The highest BCUT2D eigenvalue weighted by Crippen LogP contribution is 2.41. The van der Waals surface area contributed by atoms with Gasteiger partial charge in [-0.05, 0) is 49.1 Å². The molecule has 0 amide bonds. The van der Waals surface area contributed by atoms with E-state index in [4.69, 9.17) is 11.6 Å². The lowest BCUT2D eigenvalue weighted by Gasteiger charge is -2.15. The van der Waals surface area contributed by atoms with Crippen molar-refractivity contribution in [1.29, 1.82) is 0 Å². The number of rotatable bonds is 4. The van der Waals surface area contributed by atoms with Crippen LogP contribution in [0, 0.1) is 13.8 Å². The van der Waals surface area contributed by atoms with E-state index in [1.54, 1.807) is 17.7 Å². The molecule has 3 nitrogen and oxygen atoms in total. The van der Waals surface area contributed by atoms with Crippen molar-refractivity contribution in [1.82, 2.24) is 9.97 Å². The van der Waals surface area contributed by atoms with Crippen LogP contribution in [0.5, 0.6) is 0 Å². The number of anilines is 2. The summed E-state index contributed by atoms with van der Waals surface area (Å²) in [4.78, 5) is 11.3. The van der Waals surface area contributed by atoms with Crippen molar-refractivity contribution >= 4 is 44.7 Å². The maximum atomic E-state index is 6.09. The maximum absolute atomic E-state index is 6.09. The molecule has 0 atom stereocenters. The lowest BCUT2D eigenvalue weighted by molar-refractivity contribution is 1.13. The zero-order chi connectivity index (χ0) is 19.0. The summed E-state index contributed by atoms with van der Waals surface area (Å²) in [5.74, 6) is 0.846. The third-order valence-electron chi connectivity index (χ3n) is 4.78. The molecule has 0 aliphatic carbocycles. The van der Waals surface area contributed by atoms with Gasteiger partial charge in [-0.2, -0.15) is 0 Å². The summed E-state index contributed by atoms with van der Waals surface area (Å²) in [5.41, 5.74) is 5.91. The van der Waals surface area contributed by atoms with Crippen molar-refractivity contribution in [3.63, 3.8) is 0 Å². The number of para-hydroxylation sites is 1. The van der Waals surface area contributed by atoms with E-state index in [2.05, 4.69) is 66.4 Å². The van der Waals surface area contributed by atoms with Gasteiger partial charge in [0.1, 0.15) is 17.0 Å². The second kappa shape index (κ2) is 7.29. The minimum absolute atomic E-state index is 0.734. The molecule has 136 valence electrons. The molecule has 0 bridgehead atoms. The number of halogens is 1. The van der Waals surface area contributed by atoms with Crippen LogP contribution < -0.4 is 5.32 Å². The largest absolute Gasteiger partial charge is 0.339 e. The zero-order valence-electron chi connectivity index (χ0n) is 15.5. The average Bonchev–Trinajstić information content (AvgIpc) is 3.01. The molecule has 0 spiro atoms. The molecule has 0 saturated carbocycles. The summed E-state index contributed by atoms with van der Waals surface area (Å²) in [6, 6.07) is 14.3. The molecule has 2 aromatic heterocycles. The Morgan fingerprint density at radius 2 is 1.81 bits per heavy atom. The van der Waals surface area contributed by atoms with Crippen LogP contribution in [0.4, 0.5) is 11.5 Å². The van der Waals surface area contributed by atoms with Crippen molar-refractivity contribution in [2.24, 2.45) is 0 Å². The Bertz CT molecular complexity index is 1120. The third-order valence-corrected chi connectivity index (χ3v) is 6.05. The van der Waals surface area contributed by atoms with Crippen LogP contribution in [-0.2, 0) is 6.42 Å². The van der Waals surface area contributed by atoms with Gasteiger partial charge in [0.25, 0.3) is 0 Å². The minimum atomic E-state index is 0.734. The van der Waals surface area contributed by atoms with Crippen LogP contribution in [0.15, 0.2) is 48.8 Å². The minimum Gasteiger partial charge on any atom is -0.339 e. The molecular formula is C22H20ClN3S. The van der Waals surface area contributed by atoms with Gasteiger partial charge in [-0.15, -0.1) is 11.3 Å². The number of aromatic nitrogens is 2. The second-order valence-electron chi connectivity index (χ2n) is 6.53. The molecule has 0 saturated heterocycles. The van der Waals surface area contributed by atoms with Crippen LogP contribution in [-0.4, -0.2) is 9.97 Å². The number of nitrogens with one attached hydrogen (secondary N) is 1. The monoisotopic (exact) mass is 393 g/mol. The number of hydrogen-bond acceptors (Lipinski definition) is 4. The number of thiophene rings is 1.